The van der Waals surface area contributed by atoms with E-state index in [1.165, 1.54) is 0 Å². The molecule has 0 spiro atoms. The van der Waals surface area contributed by atoms with Crippen molar-refractivity contribution >= 4 is 29.3 Å². The summed E-state index contributed by atoms with van der Waals surface area (Å²) >= 11 is 0. The molecule has 228 valence electrons. The van der Waals surface area contributed by atoms with Gasteiger partial charge in [-0.1, -0.05) is 12.8 Å². The fourth-order valence-corrected chi connectivity index (χ4v) is 5.83. The van der Waals surface area contributed by atoms with Gasteiger partial charge < -0.3 is 25.8 Å². The maximum Gasteiger partial charge on any atom is 0.421 e. The zero-order chi connectivity index (χ0) is 30.1. The Kier molecular flexibility index (Phi) is 8.63. The van der Waals surface area contributed by atoms with E-state index in [1.54, 1.807) is 29.2 Å². The average molecular weight is 588 g/mol. The second-order valence-corrected chi connectivity index (χ2v) is 12.3. The monoisotopic (exact) mass is 587 g/mol. The summed E-state index contributed by atoms with van der Waals surface area (Å²) in [4.78, 5) is 38.2. The Hall–Kier alpha value is -3.41. The Bertz CT molecular complexity index is 1270. The highest BCUT2D eigenvalue weighted by atomic mass is 19.4. The summed E-state index contributed by atoms with van der Waals surface area (Å²) in [5, 5.41) is 8.99. The van der Waals surface area contributed by atoms with Crippen molar-refractivity contribution in [2.24, 2.45) is 5.92 Å². The lowest BCUT2D eigenvalue weighted by atomic mass is 9.83. The molecule has 2 aromatic rings. The van der Waals surface area contributed by atoms with Crippen LogP contribution in [0, 0.1) is 5.92 Å². The molecule has 1 aliphatic heterocycles. The van der Waals surface area contributed by atoms with Crippen LogP contribution in [0.15, 0.2) is 30.5 Å². The number of likely N-dealkylation sites (tertiary alicyclic amines) is 1. The van der Waals surface area contributed by atoms with E-state index in [2.05, 4.69) is 37.9 Å². The van der Waals surface area contributed by atoms with Crippen LogP contribution in [0.3, 0.4) is 0 Å². The molecule has 2 amide bonds. The van der Waals surface area contributed by atoms with Crippen LogP contribution >= 0.6 is 0 Å². The minimum atomic E-state index is -4.67. The number of aromatic nitrogens is 2. The van der Waals surface area contributed by atoms with E-state index < -0.39 is 23.7 Å². The van der Waals surface area contributed by atoms with Gasteiger partial charge in [0.1, 0.15) is 11.4 Å². The van der Waals surface area contributed by atoms with Gasteiger partial charge in [-0.05, 0) is 89.9 Å². The smallest absolute Gasteiger partial charge is 0.366 e. The first-order valence-corrected chi connectivity index (χ1v) is 14.8. The van der Waals surface area contributed by atoms with Crippen molar-refractivity contribution in [3.05, 3.63) is 41.6 Å². The van der Waals surface area contributed by atoms with Crippen molar-refractivity contribution in [3.8, 4) is 0 Å². The Balaban J connectivity index is 1.29. The number of anilines is 3. The molecule has 5 rings (SSSR count). The summed E-state index contributed by atoms with van der Waals surface area (Å²) in [7, 11) is 3.90. The van der Waals surface area contributed by atoms with Gasteiger partial charge in [-0.15, -0.1) is 0 Å². The van der Waals surface area contributed by atoms with Gasteiger partial charge in [0.05, 0.1) is 5.92 Å². The molecule has 2 aliphatic carbocycles. The number of halogens is 3. The predicted molar refractivity (Wildman–Crippen MR) is 155 cm³/mol. The number of carbonyl (C=O) groups excluding carboxylic acids is 2. The van der Waals surface area contributed by atoms with Crippen LogP contribution in [0.25, 0.3) is 0 Å². The van der Waals surface area contributed by atoms with Crippen molar-refractivity contribution in [2.45, 2.75) is 82.1 Å². The van der Waals surface area contributed by atoms with Crippen molar-refractivity contribution in [2.75, 3.05) is 37.8 Å². The Morgan fingerprint density at radius 2 is 1.71 bits per heavy atom. The normalized spacial score (nSPS) is 22.7. The van der Waals surface area contributed by atoms with Crippen LogP contribution in [-0.2, 0) is 11.0 Å². The number of hydrogen-bond acceptors (Lipinski definition) is 7. The van der Waals surface area contributed by atoms with Gasteiger partial charge in [0, 0.05) is 42.1 Å². The van der Waals surface area contributed by atoms with Crippen LogP contribution in [0.2, 0.25) is 0 Å². The van der Waals surface area contributed by atoms with E-state index in [9.17, 15) is 22.8 Å². The summed E-state index contributed by atoms with van der Waals surface area (Å²) < 4.78 is 41.8. The number of hydrogen-bond donors (Lipinski definition) is 3. The molecule has 2 heterocycles. The molecule has 1 aromatic carbocycles. The fraction of sp³-hybridized carbons (Fsp3) is 0.600. The highest BCUT2D eigenvalue weighted by Crippen LogP contribution is 2.38. The minimum Gasteiger partial charge on any atom is -0.366 e. The number of piperidine rings is 1. The molecular formula is C30H40F3N7O2. The van der Waals surface area contributed by atoms with Crippen LogP contribution in [0.1, 0.15) is 74.2 Å². The lowest BCUT2D eigenvalue weighted by Crippen LogP contribution is -2.46. The molecule has 0 bridgehead atoms. The molecular weight excluding hydrogens is 547 g/mol. The Labute approximate surface area is 244 Å². The van der Waals surface area contributed by atoms with Gasteiger partial charge in [0.25, 0.3) is 5.91 Å². The molecule has 0 unspecified atom stereocenters. The lowest BCUT2D eigenvalue weighted by molar-refractivity contribution is -0.137. The van der Waals surface area contributed by atoms with Gasteiger partial charge in [-0.25, -0.2) is 4.98 Å². The van der Waals surface area contributed by atoms with E-state index in [0.29, 0.717) is 24.1 Å². The number of carbonyl (C=O) groups is 2. The minimum absolute atomic E-state index is 0.0182. The third kappa shape index (κ3) is 7.14. The number of nitrogens with one attached hydrogen (secondary N) is 3. The molecule has 2 saturated carbocycles. The Morgan fingerprint density at radius 1 is 1.05 bits per heavy atom. The second-order valence-electron chi connectivity index (χ2n) is 12.3. The third-order valence-electron chi connectivity index (χ3n) is 8.89. The molecule has 1 aromatic heterocycles. The molecule has 3 aliphatic rings. The van der Waals surface area contributed by atoms with Crippen LogP contribution in [-0.4, -0.2) is 76.4 Å². The molecule has 1 saturated heterocycles. The lowest BCUT2D eigenvalue weighted by Gasteiger charge is -2.35. The molecule has 2 atom stereocenters. The summed E-state index contributed by atoms with van der Waals surface area (Å²) in [6, 6.07) is 6.45. The number of nitrogens with zero attached hydrogens (tertiary/aromatic N) is 4. The standard InChI is InChI=1S/C30H40F3N7O2/c1-29(14-15-29)38-26(41)22-6-4-5-7-24(22)36-25-23(30(31,32)33)18-34-28(37-25)35-20-10-8-19(9-11-20)27(42)40(3)21-12-16-39(2)17-13-21/h8-11,18,21-22,24H,4-7,12-17H2,1-3H3,(H,38,41)(H2,34,35,36,37)/t22-,24+/m0/s1. The third-order valence-corrected chi connectivity index (χ3v) is 8.89. The maximum atomic E-state index is 13.9. The molecule has 9 nitrogen and oxygen atoms in total. The van der Waals surface area contributed by atoms with Gasteiger partial charge in [0.15, 0.2) is 0 Å². The van der Waals surface area contributed by atoms with Crippen molar-refractivity contribution in [1.82, 2.24) is 25.1 Å². The van der Waals surface area contributed by atoms with Gasteiger partial charge in [-0.3, -0.25) is 9.59 Å². The van der Waals surface area contributed by atoms with Gasteiger partial charge in [0.2, 0.25) is 11.9 Å². The van der Waals surface area contributed by atoms with Crippen LogP contribution in [0.5, 0.6) is 0 Å². The maximum absolute atomic E-state index is 13.9. The first kappa shape index (κ1) is 30.1. The largest absolute Gasteiger partial charge is 0.421 e. The quantitative estimate of drug-likeness (QED) is 0.398. The molecule has 3 fully saturated rings. The van der Waals surface area contributed by atoms with Crippen molar-refractivity contribution < 1.29 is 22.8 Å². The van der Waals surface area contributed by atoms with E-state index in [-0.39, 0.29) is 35.2 Å². The molecule has 12 heteroatoms. The van der Waals surface area contributed by atoms with Crippen LogP contribution < -0.4 is 16.0 Å². The second kappa shape index (κ2) is 12.1. The number of rotatable bonds is 8. The molecule has 0 radical (unpaired) electrons. The van der Waals surface area contributed by atoms with Crippen LogP contribution in [0.4, 0.5) is 30.6 Å². The summed E-state index contributed by atoms with van der Waals surface area (Å²) in [5.41, 5.74) is -0.124. The number of alkyl halides is 3. The van der Waals surface area contributed by atoms with Gasteiger partial charge in [-0.2, -0.15) is 18.2 Å². The van der Waals surface area contributed by atoms with E-state index in [4.69, 9.17) is 0 Å². The molecule has 42 heavy (non-hydrogen) atoms. The van der Waals surface area contributed by atoms with Crippen molar-refractivity contribution in [3.63, 3.8) is 0 Å². The van der Waals surface area contributed by atoms with E-state index in [1.807, 2.05) is 14.0 Å². The average Bonchev–Trinajstić information content (AvgIpc) is 3.69. The molecule has 3 N–H and O–H groups in total. The highest BCUT2D eigenvalue weighted by molar-refractivity contribution is 5.94. The summed E-state index contributed by atoms with van der Waals surface area (Å²) in [6.45, 7) is 3.88. The van der Waals surface area contributed by atoms with Gasteiger partial charge >= 0.3 is 6.18 Å². The summed E-state index contributed by atoms with van der Waals surface area (Å²) in [6.07, 6.45) is 2.59. The Morgan fingerprint density at radius 3 is 2.36 bits per heavy atom. The zero-order valence-electron chi connectivity index (χ0n) is 24.4. The number of amides is 2. The first-order valence-electron chi connectivity index (χ1n) is 14.8. The first-order chi connectivity index (χ1) is 19.9. The van der Waals surface area contributed by atoms with E-state index in [0.717, 1.165) is 57.8 Å². The van der Waals surface area contributed by atoms with E-state index >= 15 is 0 Å². The number of benzene rings is 1. The topological polar surface area (TPSA) is 102 Å². The SMILES string of the molecule is CN1CCC(N(C)C(=O)c2ccc(Nc3ncc(C(F)(F)F)c(N[C@@H]4CCCC[C@@H]4C(=O)NC4(C)CC4)n3)cc2)CC1. The summed E-state index contributed by atoms with van der Waals surface area (Å²) in [5.74, 6) is -1.01. The zero-order valence-corrected chi connectivity index (χ0v) is 24.4. The highest BCUT2D eigenvalue weighted by Gasteiger charge is 2.43. The predicted octanol–water partition coefficient (Wildman–Crippen LogP) is 5.04. The fourth-order valence-electron chi connectivity index (χ4n) is 5.83. The van der Waals surface area contributed by atoms with Crippen molar-refractivity contribution in [1.29, 1.82) is 0 Å².